The van der Waals surface area contributed by atoms with Gasteiger partial charge in [-0.3, -0.25) is 4.79 Å². The van der Waals surface area contributed by atoms with Gasteiger partial charge in [0.1, 0.15) is 30.8 Å². The number of nitrogens with zero attached hydrogens (tertiary/aromatic N) is 1. The maximum absolute atomic E-state index is 13.4. The van der Waals surface area contributed by atoms with Crippen LogP contribution < -0.4 is 20.1 Å². The topological polar surface area (TPSA) is 153 Å². The van der Waals surface area contributed by atoms with Gasteiger partial charge in [-0.15, -0.1) is 11.8 Å². The molecule has 0 saturated carbocycles. The van der Waals surface area contributed by atoms with Crippen molar-refractivity contribution in [2.45, 2.75) is 44.2 Å². The number of hydrogen-bond donors (Lipinski definition) is 3. The summed E-state index contributed by atoms with van der Waals surface area (Å²) >= 11 is 1.42. The SMILES string of the molecule is C=CCOC(=O)N(CCCC[C@H](NC(=O)OCC1c2ccccc2-c2ccccc21)C(=O)O)C(CSCNC(C)=O)c1ccc(OC)cc1OC. The van der Waals surface area contributed by atoms with E-state index in [2.05, 4.69) is 17.2 Å². The minimum Gasteiger partial charge on any atom is -0.497 e. The molecule has 272 valence electrons. The highest BCUT2D eigenvalue weighted by Gasteiger charge is 2.31. The number of rotatable bonds is 19. The van der Waals surface area contributed by atoms with Crippen LogP contribution >= 0.6 is 11.8 Å². The predicted molar refractivity (Wildman–Crippen MR) is 195 cm³/mol. The summed E-state index contributed by atoms with van der Waals surface area (Å²) in [6.45, 7) is 5.32. The number of carbonyl (C=O) groups is 4. The minimum atomic E-state index is -1.20. The van der Waals surface area contributed by atoms with Crippen LogP contribution in [-0.4, -0.2) is 85.7 Å². The van der Waals surface area contributed by atoms with E-state index in [1.807, 2.05) is 54.6 Å². The van der Waals surface area contributed by atoms with Crippen LogP contribution in [0.2, 0.25) is 0 Å². The Bertz CT molecular complexity index is 1640. The number of methoxy groups -OCH3 is 2. The van der Waals surface area contributed by atoms with E-state index in [0.29, 0.717) is 41.5 Å². The molecule has 3 aromatic carbocycles. The number of carboxylic acid groups (broad SMARTS) is 1. The van der Waals surface area contributed by atoms with E-state index < -0.39 is 30.2 Å². The first-order valence-electron chi connectivity index (χ1n) is 16.6. The lowest BCUT2D eigenvalue weighted by atomic mass is 9.98. The third kappa shape index (κ3) is 10.4. The average molecular weight is 720 g/mol. The van der Waals surface area contributed by atoms with Gasteiger partial charge in [0, 0.05) is 36.8 Å². The van der Waals surface area contributed by atoms with E-state index in [-0.39, 0.29) is 38.0 Å². The molecule has 51 heavy (non-hydrogen) atoms. The molecule has 0 radical (unpaired) electrons. The predicted octanol–water partition coefficient (Wildman–Crippen LogP) is 6.36. The monoisotopic (exact) mass is 719 g/mol. The second kappa shape index (κ2) is 19.3. The summed E-state index contributed by atoms with van der Waals surface area (Å²) in [5, 5.41) is 15.2. The smallest absolute Gasteiger partial charge is 0.410 e. The Morgan fingerprint density at radius 2 is 1.65 bits per heavy atom. The number of aliphatic carboxylic acids is 1. The molecule has 0 heterocycles. The van der Waals surface area contributed by atoms with E-state index in [1.165, 1.54) is 31.9 Å². The minimum absolute atomic E-state index is 0.00795. The number of hydrogen-bond acceptors (Lipinski definition) is 9. The van der Waals surface area contributed by atoms with Gasteiger partial charge in [0.25, 0.3) is 0 Å². The van der Waals surface area contributed by atoms with Gasteiger partial charge in [-0.25, -0.2) is 14.4 Å². The van der Waals surface area contributed by atoms with Gasteiger partial charge < -0.3 is 39.6 Å². The first-order chi connectivity index (χ1) is 24.7. The molecule has 2 atom stereocenters. The zero-order chi connectivity index (χ0) is 36.8. The molecule has 3 amide bonds. The van der Waals surface area contributed by atoms with Gasteiger partial charge in [-0.1, -0.05) is 61.2 Å². The first kappa shape index (κ1) is 38.6. The van der Waals surface area contributed by atoms with Gasteiger partial charge in [0.15, 0.2) is 0 Å². The zero-order valence-corrected chi connectivity index (χ0v) is 29.9. The number of fused-ring (bicyclic) bond motifs is 3. The van der Waals surface area contributed by atoms with Crippen LogP contribution in [0, 0.1) is 0 Å². The van der Waals surface area contributed by atoms with Crippen LogP contribution in [0.3, 0.4) is 0 Å². The van der Waals surface area contributed by atoms with Crippen molar-refractivity contribution in [3.8, 4) is 22.6 Å². The van der Waals surface area contributed by atoms with Crippen molar-refractivity contribution in [1.82, 2.24) is 15.5 Å². The van der Waals surface area contributed by atoms with Crippen molar-refractivity contribution in [2.75, 3.05) is 45.6 Å². The number of alkyl carbamates (subject to hydrolysis) is 1. The molecule has 0 aromatic heterocycles. The molecule has 3 aromatic rings. The molecule has 3 N–H and O–H groups in total. The Labute approximate surface area is 302 Å². The first-order valence-corrected chi connectivity index (χ1v) is 17.8. The Morgan fingerprint density at radius 3 is 2.25 bits per heavy atom. The number of unbranched alkanes of at least 4 members (excludes halogenated alkanes) is 1. The molecule has 1 aliphatic carbocycles. The lowest BCUT2D eigenvalue weighted by Crippen LogP contribution is -2.41. The molecule has 0 fully saturated rings. The van der Waals surface area contributed by atoms with E-state index >= 15 is 0 Å². The van der Waals surface area contributed by atoms with Gasteiger partial charge in [0.05, 0.1) is 26.1 Å². The Morgan fingerprint density at radius 1 is 0.961 bits per heavy atom. The zero-order valence-electron chi connectivity index (χ0n) is 29.1. The fraction of sp³-hybridized carbons (Fsp3) is 0.368. The second-order valence-corrected chi connectivity index (χ2v) is 12.8. The highest BCUT2D eigenvalue weighted by atomic mass is 32.2. The van der Waals surface area contributed by atoms with Gasteiger partial charge >= 0.3 is 18.2 Å². The average Bonchev–Trinajstić information content (AvgIpc) is 3.46. The molecular formula is C38H45N3O9S. The lowest BCUT2D eigenvalue weighted by molar-refractivity contribution is -0.139. The van der Waals surface area contributed by atoms with Crippen molar-refractivity contribution < 1.29 is 43.2 Å². The maximum atomic E-state index is 13.4. The maximum Gasteiger partial charge on any atom is 0.410 e. The van der Waals surface area contributed by atoms with E-state index in [1.54, 1.807) is 24.1 Å². The number of carbonyl (C=O) groups excluding carboxylic acids is 3. The highest BCUT2D eigenvalue weighted by molar-refractivity contribution is 7.99. The standard InChI is InChI=1S/C38H45N3O9S/c1-5-20-49-38(46)41(34(23-51-24-39-25(2)42)31-18-17-26(47-3)21-35(31)48-4)19-11-10-16-33(36(43)44)40-37(45)50-22-32-29-14-8-6-12-27(29)28-13-7-9-15-30(28)32/h5-9,12-15,17-18,21,32-34H,1,10-11,16,19-20,22-24H2,2-4H3,(H,39,42)(H,40,45)(H,43,44)/t33-,34?/m0/s1. The van der Waals surface area contributed by atoms with Gasteiger partial charge in [-0.2, -0.15) is 0 Å². The number of carboxylic acids is 1. The summed E-state index contributed by atoms with van der Waals surface area (Å²) in [6.07, 6.45) is 0.910. The molecule has 0 aliphatic heterocycles. The van der Waals surface area contributed by atoms with Gasteiger partial charge in [-0.05, 0) is 53.6 Å². The normalized spacial score (nSPS) is 12.8. The summed E-state index contributed by atoms with van der Waals surface area (Å²) in [4.78, 5) is 51.5. The number of nitrogens with one attached hydrogen (secondary N) is 2. The fourth-order valence-electron chi connectivity index (χ4n) is 6.02. The van der Waals surface area contributed by atoms with E-state index in [4.69, 9.17) is 18.9 Å². The molecule has 13 heteroatoms. The number of ether oxygens (including phenoxy) is 4. The van der Waals surface area contributed by atoms with Crippen LogP contribution in [0.5, 0.6) is 11.5 Å². The summed E-state index contributed by atoms with van der Waals surface area (Å²) in [6, 6.07) is 19.5. The van der Waals surface area contributed by atoms with Crippen LogP contribution in [0.25, 0.3) is 11.1 Å². The Balaban J connectivity index is 1.41. The van der Waals surface area contributed by atoms with Crippen LogP contribution in [0.4, 0.5) is 9.59 Å². The molecular weight excluding hydrogens is 674 g/mol. The molecule has 0 saturated heterocycles. The van der Waals surface area contributed by atoms with E-state index in [9.17, 15) is 24.3 Å². The summed E-state index contributed by atoms with van der Waals surface area (Å²) < 4.78 is 22.1. The number of thioether (sulfide) groups is 1. The van der Waals surface area contributed by atoms with Gasteiger partial charge in [0.2, 0.25) is 5.91 Å². The molecule has 0 bridgehead atoms. The lowest BCUT2D eigenvalue weighted by Gasteiger charge is -2.32. The van der Waals surface area contributed by atoms with Crippen molar-refractivity contribution in [1.29, 1.82) is 0 Å². The molecule has 12 nitrogen and oxygen atoms in total. The quantitative estimate of drug-likeness (QED) is 0.0725. The van der Waals surface area contributed by atoms with Crippen molar-refractivity contribution in [3.63, 3.8) is 0 Å². The fourth-order valence-corrected chi connectivity index (χ4v) is 7.03. The Hall–Kier alpha value is -5.17. The summed E-state index contributed by atoms with van der Waals surface area (Å²) in [5.74, 6) is 0.245. The van der Waals surface area contributed by atoms with Crippen LogP contribution in [0.15, 0.2) is 79.4 Å². The third-order valence-electron chi connectivity index (χ3n) is 8.51. The molecule has 1 unspecified atom stereocenters. The Kier molecular flexibility index (Phi) is 14.6. The highest BCUT2D eigenvalue weighted by Crippen LogP contribution is 2.44. The van der Waals surface area contributed by atoms with Crippen molar-refractivity contribution in [2.24, 2.45) is 0 Å². The largest absolute Gasteiger partial charge is 0.497 e. The molecule has 0 spiro atoms. The van der Waals surface area contributed by atoms with Crippen molar-refractivity contribution >= 4 is 35.8 Å². The third-order valence-corrected chi connectivity index (χ3v) is 9.41. The summed E-state index contributed by atoms with van der Waals surface area (Å²) in [5.41, 5.74) is 4.98. The molecule has 1 aliphatic rings. The number of benzene rings is 3. The van der Waals surface area contributed by atoms with E-state index in [0.717, 1.165) is 22.3 Å². The number of amides is 3. The summed E-state index contributed by atoms with van der Waals surface area (Å²) in [7, 11) is 3.07. The van der Waals surface area contributed by atoms with Crippen LogP contribution in [-0.2, 0) is 19.1 Å². The second-order valence-electron chi connectivity index (χ2n) is 11.8. The van der Waals surface area contributed by atoms with Crippen molar-refractivity contribution in [3.05, 3.63) is 96.1 Å². The molecule has 4 rings (SSSR count). The van der Waals surface area contributed by atoms with Crippen LogP contribution in [0.1, 0.15) is 54.8 Å².